The Balaban J connectivity index is 0.00000242. The van der Waals surface area contributed by atoms with Crippen LogP contribution in [0.2, 0.25) is 0 Å². The number of pyridine rings is 2. The summed E-state index contributed by atoms with van der Waals surface area (Å²) in [4.78, 5) is 22.1. The summed E-state index contributed by atoms with van der Waals surface area (Å²) in [5.74, 6) is -0.985. The number of amides is 2. The molecule has 2 aromatic rings. The van der Waals surface area contributed by atoms with E-state index >= 15 is 0 Å². The van der Waals surface area contributed by atoms with Crippen LogP contribution in [0, 0.1) is 0 Å². The smallest absolute Gasteiger partial charge is 0.257 e. The molecule has 2 rings (SSSR count). The van der Waals surface area contributed by atoms with E-state index in [1.54, 1.807) is 58.2 Å². The van der Waals surface area contributed by atoms with Crippen molar-refractivity contribution in [3.8, 4) is 0 Å². The minimum Gasteiger partial charge on any atom is -1.00 e. The molecule has 0 radical (unpaired) electrons. The second-order valence-corrected chi connectivity index (χ2v) is 4.40. The van der Waals surface area contributed by atoms with E-state index < -0.39 is 11.8 Å². The van der Waals surface area contributed by atoms with E-state index in [2.05, 4.69) is 0 Å². The third-order valence-electron chi connectivity index (χ3n) is 2.77. The molecule has 0 bridgehead atoms. The van der Waals surface area contributed by atoms with Crippen molar-refractivity contribution in [2.75, 3.05) is 0 Å². The second-order valence-electron chi connectivity index (χ2n) is 4.40. The fourth-order valence-electron chi connectivity index (χ4n) is 1.75. The summed E-state index contributed by atoms with van der Waals surface area (Å²) in [5.41, 5.74) is 11.2. The summed E-state index contributed by atoms with van der Waals surface area (Å²) in [6.07, 6.45) is 6.73. The monoisotopic (exact) mass is 358 g/mol. The molecule has 0 unspecified atom stereocenters. The van der Waals surface area contributed by atoms with Gasteiger partial charge in [-0.15, -0.1) is 0 Å². The van der Waals surface area contributed by atoms with E-state index in [0.717, 1.165) is 0 Å². The van der Waals surface area contributed by atoms with Gasteiger partial charge in [-0.1, -0.05) is 0 Å². The molecule has 0 atom stereocenters. The molecule has 2 aromatic heterocycles. The van der Waals surface area contributed by atoms with Crippen LogP contribution in [0.3, 0.4) is 0 Å². The first-order valence-electron chi connectivity index (χ1n) is 6.22. The van der Waals surface area contributed by atoms with Crippen molar-refractivity contribution in [1.82, 2.24) is 0 Å². The van der Waals surface area contributed by atoms with Gasteiger partial charge in [0.2, 0.25) is 0 Å². The topological polar surface area (TPSA) is 103 Å². The third kappa shape index (κ3) is 6.19. The fraction of sp³-hybridized carbons (Fsp3) is 0.143. The zero-order valence-corrected chi connectivity index (χ0v) is 13.6. The highest BCUT2D eigenvalue weighted by Crippen LogP contribution is 1.93. The summed E-state index contributed by atoms with van der Waals surface area (Å²) in [6, 6.07) is 6.68. The number of carbonyl (C=O) groups is 2. The Labute approximate surface area is 145 Å². The summed E-state index contributed by atoms with van der Waals surface area (Å²) in [7, 11) is 0. The van der Waals surface area contributed by atoms with Crippen molar-refractivity contribution in [2.24, 2.45) is 11.5 Å². The number of hydrogen-bond acceptors (Lipinski definition) is 3. The van der Waals surface area contributed by atoms with Crippen molar-refractivity contribution in [3.63, 3.8) is 0 Å². The van der Waals surface area contributed by atoms with Gasteiger partial charge in [-0.2, -0.15) is 9.13 Å². The van der Waals surface area contributed by atoms with E-state index in [0.29, 0.717) is 11.1 Å². The molecule has 7 nitrogen and oxygen atoms in total. The summed E-state index contributed by atoms with van der Waals surface area (Å²) >= 11 is 0. The minimum absolute atomic E-state index is 0. The molecule has 2 amide bonds. The Morgan fingerprint density at radius 2 is 1.26 bits per heavy atom. The summed E-state index contributed by atoms with van der Waals surface area (Å²) in [5, 5.41) is 0. The van der Waals surface area contributed by atoms with Gasteiger partial charge < -0.3 is 36.3 Å². The molecule has 0 aliphatic carbocycles. The van der Waals surface area contributed by atoms with Gasteiger partial charge >= 0.3 is 0 Å². The van der Waals surface area contributed by atoms with Crippen LogP contribution in [0.1, 0.15) is 20.7 Å². The lowest BCUT2D eigenvalue weighted by Gasteiger charge is -2.00. The number of primary amides is 2. The molecule has 0 saturated carbocycles. The molecule has 23 heavy (non-hydrogen) atoms. The minimum atomic E-state index is -0.493. The number of nitrogens with zero attached hydrogens (tertiary/aromatic N) is 2. The average molecular weight is 359 g/mol. The lowest BCUT2D eigenvalue weighted by atomic mass is 10.3. The van der Waals surface area contributed by atoms with Crippen LogP contribution in [0.4, 0.5) is 0 Å². The van der Waals surface area contributed by atoms with Crippen molar-refractivity contribution in [3.05, 3.63) is 60.2 Å². The number of rotatable bonds is 6. The maximum absolute atomic E-state index is 11.1. The van der Waals surface area contributed by atoms with Crippen LogP contribution in [-0.2, 0) is 18.2 Å². The molecule has 0 aliphatic heterocycles. The van der Waals surface area contributed by atoms with Crippen LogP contribution in [-0.4, -0.2) is 11.8 Å². The molecule has 9 heteroatoms. The zero-order chi connectivity index (χ0) is 15.2. The van der Waals surface area contributed by atoms with Crippen LogP contribution >= 0.6 is 0 Å². The number of carbonyl (C=O) groups excluding carboxylic acids is 2. The molecular formula is C14H16Cl2N4O3. The predicted molar refractivity (Wildman–Crippen MR) is 71.4 cm³/mol. The first-order chi connectivity index (χ1) is 10.1. The quantitative estimate of drug-likeness (QED) is 0.501. The first-order valence-corrected chi connectivity index (χ1v) is 6.22. The van der Waals surface area contributed by atoms with Crippen LogP contribution in [0.25, 0.3) is 0 Å². The van der Waals surface area contributed by atoms with Gasteiger partial charge in [0.05, 0.1) is 0 Å². The number of halogens is 2. The second kappa shape index (κ2) is 9.73. The number of nitrogens with two attached hydrogens (primary N) is 2. The standard InChI is InChI=1S/C14H14N4O3.2ClH/c15-13(19)11-3-1-5-17(7-11)9-21-10-18-6-2-4-12(8-18)14(16)20;;/h1-8H,9-10H2,(H2-2,15,16,19,20);2*1H. The van der Waals surface area contributed by atoms with Gasteiger partial charge in [0.15, 0.2) is 24.8 Å². The maximum Gasteiger partial charge on any atom is 0.257 e. The SMILES string of the molecule is NC(=O)c1ccc[n+](COC[n+]2cccc(C(N)=O)c2)c1.[Cl-].[Cl-]. The molecule has 0 aliphatic rings. The van der Waals surface area contributed by atoms with Crippen molar-refractivity contribution in [1.29, 1.82) is 0 Å². The van der Waals surface area contributed by atoms with E-state index in [4.69, 9.17) is 16.2 Å². The fourth-order valence-corrected chi connectivity index (χ4v) is 1.75. The maximum atomic E-state index is 11.1. The van der Waals surface area contributed by atoms with Crippen molar-refractivity contribution in [2.45, 2.75) is 13.5 Å². The van der Waals surface area contributed by atoms with E-state index in [1.165, 1.54) is 0 Å². The van der Waals surface area contributed by atoms with Crippen LogP contribution in [0.15, 0.2) is 49.1 Å². The molecule has 0 aromatic carbocycles. The van der Waals surface area contributed by atoms with Crippen LogP contribution < -0.4 is 45.4 Å². The van der Waals surface area contributed by atoms with E-state index in [9.17, 15) is 9.59 Å². The van der Waals surface area contributed by atoms with Gasteiger partial charge in [0, 0.05) is 12.1 Å². The molecule has 0 spiro atoms. The van der Waals surface area contributed by atoms with Crippen LogP contribution in [0.5, 0.6) is 0 Å². The van der Waals surface area contributed by atoms with Gasteiger partial charge in [-0.3, -0.25) is 14.3 Å². The number of ether oxygens (including phenoxy) is 1. The van der Waals surface area contributed by atoms with E-state index in [1.807, 2.05) is 0 Å². The Bertz CT molecular complexity index is 625. The van der Waals surface area contributed by atoms with Gasteiger partial charge in [-0.25, -0.2) is 0 Å². The molecule has 2 heterocycles. The average Bonchev–Trinajstić information content (AvgIpc) is 2.48. The zero-order valence-electron chi connectivity index (χ0n) is 12.1. The Kier molecular flexibility index (Phi) is 8.79. The van der Waals surface area contributed by atoms with Gasteiger partial charge in [0.25, 0.3) is 25.3 Å². The summed E-state index contributed by atoms with van der Waals surface area (Å²) in [6.45, 7) is 0.490. The van der Waals surface area contributed by atoms with Crippen molar-refractivity contribution < 1.29 is 48.3 Å². The molecule has 0 fully saturated rings. The largest absolute Gasteiger partial charge is 1.00 e. The molecule has 124 valence electrons. The van der Waals surface area contributed by atoms with Gasteiger partial charge in [-0.05, 0) is 12.1 Å². The number of aromatic nitrogens is 2. The molecule has 0 saturated heterocycles. The normalized spacial score (nSPS) is 9.39. The molecule has 4 N–H and O–H groups in total. The van der Waals surface area contributed by atoms with Gasteiger partial charge in [0.1, 0.15) is 11.1 Å². The van der Waals surface area contributed by atoms with E-state index in [-0.39, 0.29) is 38.3 Å². The van der Waals surface area contributed by atoms with Crippen molar-refractivity contribution >= 4 is 11.8 Å². The highest BCUT2D eigenvalue weighted by Gasteiger charge is 2.10. The number of hydrogen-bond donors (Lipinski definition) is 2. The third-order valence-corrected chi connectivity index (χ3v) is 2.77. The molecular weight excluding hydrogens is 343 g/mol. The Hall–Kier alpha value is -2.22. The Morgan fingerprint density at radius 1 is 0.870 bits per heavy atom. The lowest BCUT2D eigenvalue weighted by molar-refractivity contribution is -0.788. The first kappa shape index (κ1) is 20.8. The predicted octanol–water partition coefficient (Wildman–Crippen LogP) is -6.90. The lowest BCUT2D eigenvalue weighted by Crippen LogP contribution is -3.00. The summed E-state index contributed by atoms with van der Waals surface area (Å²) < 4.78 is 8.88. The highest BCUT2D eigenvalue weighted by atomic mass is 35.5. The highest BCUT2D eigenvalue weighted by molar-refractivity contribution is 5.92. The Morgan fingerprint density at radius 3 is 1.61 bits per heavy atom.